The number of hydrogen-bond acceptors (Lipinski definition) is 5. The Morgan fingerprint density at radius 3 is 2.48 bits per heavy atom. The van der Waals surface area contributed by atoms with Crippen LogP contribution in [0.3, 0.4) is 0 Å². The van der Waals surface area contributed by atoms with Gasteiger partial charge in [-0.05, 0) is 31.0 Å². The summed E-state index contributed by atoms with van der Waals surface area (Å²) < 4.78 is 22.6. The number of ether oxygens (including phenoxy) is 1. The highest BCUT2D eigenvalue weighted by molar-refractivity contribution is 7.84. The monoisotopic (exact) mass is 356 g/mol. The highest BCUT2D eigenvalue weighted by atomic mass is 32.2. The first-order chi connectivity index (χ1) is 12.1. The van der Waals surface area contributed by atoms with Crippen LogP contribution in [-0.4, -0.2) is 27.2 Å². The van der Waals surface area contributed by atoms with E-state index in [0.717, 1.165) is 23.3 Å². The van der Waals surface area contributed by atoms with Gasteiger partial charge in [0.25, 0.3) is 0 Å². The molecule has 0 aliphatic rings. The number of nitrogens with zero attached hydrogens (tertiary/aromatic N) is 2. The number of rotatable bonds is 7. The third-order valence-corrected chi connectivity index (χ3v) is 5.07. The Morgan fingerprint density at radius 1 is 1.08 bits per heavy atom. The van der Waals surface area contributed by atoms with Crippen LogP contribution < -0.4 is 4.74 Å². The maximum Gasteiger partial charge on any atom is 0.239 e. The van der Waals surface area contributed by atoms with Crippen LogP contribution in [0.2, 0.25) is 0 Å². The molecule has 0 aliphatic heterocycles. The summed E-state index contributed by atoms with van der Waals surface area (Å²) in [6, 6.07) is 15.7. The number of aromatic nitrogens is 2. The predicted molar refractivity (Wildman–Crippen MR) is 97.9 cm³/mol. The molecular weight excluding hydrogens is 336 g/mol. The van der Waals surface area contributed by atoms with Gasteiger partial charge >= 0.3 is 0 Å². The molecule has 0 saturated heterocycles. The maximum atomic E-state index is 12.3. The maximum absolute atomic E-state index is 12.3. The number of benzene rings is 2. The molecule has 3 aromatic rings. The molecule has 130 valence electrons. The Bertz CT molecular complexity index is 842. The summed E-state index contributed by atoms with van der Waals surface area (Å²) in [5, 5.41) is 3.97. The standard InChI is InChI=1S/C19H20N2O3S/c1-14-3-7-16(8-4-14)19-20-18(24-21-19)13-25(22)12-11-15-5-9-17(23-2)10-6-15/h3-10H,11-13H2,1-2H3/t25-/m0/s1. The van der Waals surface area contributed by atoms with Crippen molar-refractivity contribution in [3.8, 4) is 17.1 Å². The molecule has 0 fully saturated rings. The van der Waals surface area contributed by atoms with Crippen LogP contribution >= 0.6 is 0 Å². The van der Waals surface area contributed by atoms with Gasteiger partial charge in [-0.2, -0.15) is 4.98 Å². The zero-order valence-electron chi connectivity index (χ0n) is 14.3. The summed E-state index contributed by atoms with van der Waals surface area (Å²) in [4.78, 5) is 4.34. The van der Waals surface area contributed by atoms with E-state index >= 15 is 0 Å². The Morgan fingerprint density at radius 2 is 1.80 bits per heavy atom. The Labute approximate surface area is 149 Å². The predicted octanol–water partition coefficient (Wildman–Crippen LogP) is 3.55. The van der Waals surface area contributed by atoms with Crippen molar-refractivity contribution < 1.29 is 13.5 Å². The van der Waals surface area contributed by atoms with Gasteiger partial charge in [-0.1, -0.05) is 47.1 Å². The Hall–Kier alpha value is -2.47. The van der Waals surface area contributed by atoms with Crippen LogP contribution in [0, 0.1) is 6.92 Å². The number of aryl methyl sites for hydroxylation is 2. The quantitative estimate of drug-likeness (QED) is 0.648. The molecule has 0 unspecified atom stereocenters. The van der Waals surface area contributed by atoms with E-state index in [0.29, 0.717) is 17.5 Å². The molecule has 1 aromatic heterocycles. The van der Waals surface area contributed by atoms with Gasteiger partial charge in [0.1, 0.15) is 11.5 Å². The first-order valence-electron chi connectivity index (χ1n) is 8.01. The number of methoxy groups -OCH3 is 1. The average Bonchev–Trinajstić information content (AvgIpc) is 3.09. The van der Waals surface area contributed by atoms with Crippen molar-refractivity contribution in [2.24, 2.45) is 0 Å². The Kier molecular flexibility index (Phi) is 5.60. The third-order valence-electron chi connectivity index (χ3n) is 3.84. The molecule has 0 aliphatic carbocycles. The second-order valence-electron chi connectivity index (χ2n) is 5.76. The van der Waals surface area contributed by atoms with Crippen LogP contribution in [0.5, 0.6) is 5.75 Å². The second-order valence-corrected chi connectivity index (χ2v) is 7.34. The molecule has 1 heterocycles. The van der Waals surface area contributed by atoms with Gasteiger partial charge in [0.2, 0.25) is 11.7 Å². The summed E-state index contributed by atoms with van der Waals surface area (Å²) in [6.45, 7) is 2.03. The molecule has 25 heavy (non-hydrogen) atoms. The van der Waals surface area contributed by atoms with E-state index in [1.165, 1.54) is 5.56 Å². The summed E-state index contributed by atoms with van der Waals surface area (Å²) in [7, 11) is 0.585. The third kappa shape index (κ3) is 4.76. The lowest BCUT2D eigenvalue weighted by Gasteiger charge is -2.03. The van der Waals surface area contributed by atoms with Crippen molar-refractivity contribution in [1.29, 1.82) is 0 Å². The van der Waals surface area contributed by atoms with Gasteiger partial charge in [-0.3, -0.25) is 4.21 Å². The van der Waals surface area contributed by atoms with Crippen molar-refractivity contribution in [2.75, 3.05) is 12.9 Å². The average molecular weight is 356 g/mol. The highest BCUT2D eigenvalue weighted by Gasteiger charge is 2.12. The molecule has 3 rings (SSSR count). The minimum absolute atomic E-state index is 0.273. The van der Waals surface area contributed by atoms with Gasteiger partial charge in [0, 0.05) is 22.1 Å². The molecule has 0 amide bonds. The lowest BCUT2D eigenvalue weighted by Crippen LogP contribution is -2.04. The lowest BCUT2D eigenvalue weighted by molar-refractivity contribution is 0.390. The van der Waals surface area contributed by atoms with Crippen LogP contribution in [-0.2, 0) is 23.0 Å². The second kappa shape index (κ2) is 8.07. The van der Waals surface area contributed by atoms with Gasteiger partial charge in [-0.15, -0.1) is 0 Å². The summed E-state index contributed by atoms with van der Waals surface area (Å²) in [5.74, 6) is 2.58. The van der Waals surface area contributed by atoms with Crippen molar-refractivity contribution in [3.63, 3.8) is 0 Å². The smallest absolute Gasteiger partial charge is 0.239 e. The molecule has 0 N–H and O–H groups in total. The molecule has 5 nitrogen and oxygen atoms in total. The molecule has 2 aromatic carbocycles. The van der Waals surface area contributed by atoms with E-state index < -0.39 is 10.8 Å². The molecule has 6 heteroatoms. The van der Waals surface area contributed by atoms with Crippen LogP contribution in [0.25, 0.3) is 11.4 Å². The van der Waals surface area contributed by atoms with Crippen molar-refractivity contribution in [1.82, 2.24) is 10.1 Å². The Balaban J connectivity index is 1.55. The van der Waals surface area contributed by atoms with E-state index in [2.05, 4.69) is 10.1 Å². The topological polar surface area (TPSA) is 65.2 Å². The molecule has 0 radical (unpaired) electrons. The fraction of sp³-hybridized carbons (Fsp3) is 0.263. The van der Waals surface area contributed by atoms with Gasteiger partial charge in [-0.25, -0.2) is 0 Å². The van der Waals surface area contributed by atoms with Gasteiger partial charge < -0.3 is 9.26 Å². The molecule has 0 saturated carbocycles. The fourth-order valence-electron chi connectivity index (χ4n) is 2.37. The zero-order valence-corrected chi connectivity index (χ0v) is 15.1. The van der Waals surface area contributed by atoms with Crippen LogP contribution in [0.15, 0.2) is 53.1 Å². The van der Waals surface area contributed by atoms with E-state index in [1.807, 2.05) is 55.5 Å². The van der Waals surface area contributed by atoms with E-state index in [1.54, 1.807) is 7.11 Å². The largest absolute Gasteiger partial charge is 0.497 e. The minimum atomic E-state index is -1.05. The highest BCUT2D eigenvalue weighted by Crippen LogP contribution is 2.17. The van der Waals surface area contributed by atoms with E-state index in [9.17, 15) is 4.21 Å². The van der Waals surface area contributed by atoms with Crippen molar-refractivity contribution >= 4 is 10.8 Å². The SMILES string of the molecule is COc1ccc(CC[S@](=O)Cc2nc(-c3ccc(C)cc3)no2)cc1. The normalized spacial score (nSPS) is 12.1. The fourth-order valence-corrected chi connectivity index (χ4v) is 3.37. The minimum Gasteiger partial charge on any atom is -0.497 e. The summed E-state index contributed by atoms with van der Waals surface area (Å²) in [5.41, 5.74) is 3.19. The first kappa shape index (κ1) is 17.4. The first-order valence-corrected chi connectivity index (χ1v) is 9.50. The molecule has 0 spiro atoms. The molecule has 0 bridgehead atoms. The molecule has 1 atom stereocenters. The summed E-state index contributed by atoms with van der Waals surface area (Å²) >= 11 is 0. The molecular formula is C19H20N2O3S. The van der Waals surface area contributed by atoms with Crippen LogP contribution in [0.4, 0.5) is 0 Å². The lowest BCUT2D eigenvalue weighted by atomic mass is 10.1. The van der Waals surface area contributed by atoms with Crippen molar-refractivity contribution in [2.45, 2.75) is 19.1 Å². The van der Waals surface area contributed by atoms with Crippen molar-refractivity contribution in [3.05, 3.63) is 65.5 Å². The van der Waals surface area contributed by atoms with Gasteiger partial charge in [0.05, 0.1) is 7.11 Å². The van der Waals surface area contributed by atoms with Crippen LogP contribution in [0.1, 0.15) is 17.0 Å². The zero-order chi connectivity index (χ0) is 17.6. The van der Waals surface area contributed by atoms with E-state index in [4.69, 9.17) is 9.26 Å². The number of hydrogen-bond donors (Lipinski definition) is 0. The summed E-state index contributed by atoms with van der Waals surface area (Å²) in [6.07, 6.45) is 0.732. The van der Waals surface area contributed by atoms with Gasteiger partial charge in [0.15, 0.2) is 0 Å². The van der Waals surface area contributed by atoms with E-state index in [-0.39, 0.29) is 5.75 Å².